The Labute approximate surface area is 120 Å². The van der Waals surface area contributed by atoms with Crippen molar-refractivity contribution in [3.63, 3.8) is 0 Å². The van der Waals surface area contributed by atoms with Gasteiger partial charge >= 0.3 is 5.97 Å². The number of carboxylic acid groups (broad SMARTS) is 1. The summed E-state index contributed by atoms with van der Waals surface area (Å²) in [5, 5.41) is 10.1. The van der Waals surface area contributed by atoms with Crippen LogP contribution in [0.3, 0.4) is 0 Å². The Hall–Kier alpha value is -1.71. The molecule has 0 amide bonds. The summed E-state index contributed by atoms with van der Waals surface area (Å²) in [6.07, 6.45) is 0. The molecule has 2 aromatic rings. The normalized spacial score (nSPS) is 10.3. The van der Waals surface area contributed by atoms with E-state index in [9.17, 15) is 9.90 Å². The average Bonchev–Trinajstić information content (AvgIpc) is 2.39. The maximum atomic E-state index is 11.2. The molecule has 0 spiro atoms. The van der Waals surface area contributed by atoms with E-state index >= 15 is 0 Å². The SMILES string of the molecule is COc1cc(Cl)c(-c2ccccc2Cl)cc1C(=O)O. The Morgan fingerprint density at radius 1 is 1.11 bits per heavy atom. The Morgan fingerprint density at radius 2 is 1.79 bits per heavy atom. The number of rotatable bonds is 3. The highest BCUT2D eigenvalue weighted by molar-refractivity contribution is 6.36. The van der Waals surface area contributed by atoms with Crippen LogP contribution in [0.1, 0.15) is 10.4 Å². The molecule has 2 aromatic carbocycles. The number of halogens is 2. The Morgan fingerprint density at radius 3 is 2.37 bits per heavy atom. The molecule has 0 saturated heterocycles. The lowest BCUT2D eigenvalue weighted by Gasteiger charge is -2.11. The summed E-state index contributed by atoms with van der Waals surface area (Å²) in [6.45, 7) is 0. The van der Waals surface area contributed by atoms with E-state index in [4.69, 9.17) is 27.9 Å². The number of ether oxygens (including phenoxy) is 1. The minimum atomic E-state index is -1.08. The highest BCUT2D eigenvalue weighted by Gasteiger charge is 2.16. The van der Waals surface area contributed by atoms with Crippen LogP contribution in [0.15, 0.2) is 36.4 Å². The molecule has 0 saturated carbocycles. The molecule has 0 aliphatic carbocycles. The van der Waals surface area contributed by atoms with Crippen molar-refractivity contribution >= 4 is 29.2 Å². The monoisotopic (exact) mass is 296 g/mol. The van der Waals surface area contributed by atoms with Crippen LogP contribution in [0, 0.1) is 0 Å². The molecule has 19 heavy (non-hydrogen) atoms. The second-order valence-electron chi connectivity index (χ2n) is 3.82. The van der Waals surface area contributed by atoms with E-state index in [1.165, 1.54) is 19.2 Å². The maximum absolute atomic E-state index is 11.2. The van der Waals surface area contributed by atoms with E-state index in [1.807, 2.05) is 6.07 Å². The molecule has 3 nitrogen and oxygen atoms in total. The van der Waals surface area contributed by atoms with Crippen molar-refractivity contribution in [2.45, 2.75) is 0 Å². The van der Waals surface area contributed by atoms with E-state index in [2.05, 4.69) is 0 Å². The number of benzene rings is 2. The Bertz CT molecular complexity index is 639. The van der Waals surface area contributed by atoms with Crippen LogP contribution in [-0.4, -0.2) is 18.2 Å². The van der Waals surface area contributed by atoms with Crippen LogP contribution in [0.5, 0.6) is 5.75 Å². The largest absolute Gasteiger partial charge is 0.496 e. The summed E-state index contributed by atoms with van der Waals surface area (Å²) in [5.74, 6) is -0.866. The molecular formula is C14H10Cl2O3. The average molecular weight is 297 g/mol. The molecule has 2 rings (SSSR count). The molecule has 0 atom stereocenters. The first-order valence-corrected chi connectivity index (χ1v) is 6.16. The minimum absolute atomic E-state index is 0.0434. The molecule has 0 aromatic heterocycles. The summed E-state index contributed by atoms with van der Waals surface area (Å²) in [7, 11) is 1.40. The zero-order valence-corrected chi connectivity index (χ0v) is 11.5. The van der Waals surface area contributed by atoms with Gasteiger partial charge < -0.3 is 9.84 Å². The number of carbonyl (C=O) groups is 1. The van der Waals surface area contributed by atoms with E-state index in [0.29, 0.717) is 21.2 Å². The first-order valence-electron chi connectivity index (χ1n) is 5.40. The third-order valence-corrected chi connectivity index (χ3v) is 3.33. The fourth-order valence-electron chi connectivity index (χ4n) is 1.78. The van der Waals surface area contributed by atoms with Gasteiger partial charge in [-0.15, -0.1) is 0 Å². The fourth-order valence-corrected chi connectivity index (χ4v) is 2.27. The predicted octanol–water partition coefficient (Wildman–Crippen LogP) is 4.37. The van der Waals surface area contributed by atoms with Crippen LogP contribution in [0.25, 0.3) is 11.1 Å². The van der Waals surface area contributed by atoms with Crippen LogP contribution in [0.4, 0.5) is 0 Å². The van der Waals surface area contributed by atoms with E-state index in [1.54, 1.807) is 18.2 Å². The fraction of sp³-hybridized carbons (Fsp3) is 0.0714. The van der Waals surface area contributed by atoms with Crippen molar-refractivity contribution < 1.29 is 14.6 Å². The second-order valence-corrected chi connectivity index (χ2v) is 4.63. The molecule has 0 fully saturated rings. The Balaban J connectivity index is 2.68. The first kappa shape index (κ1) is 13.7. The van der Waals surface area contributed by atoms with Crippen molar-refractivity contribution in [3.05, 3.63) is 52.0 Å². The van der Waals surface area contributed by atoms with Gasteiger partial charge in [-0.1, -0.05) is 41.4 Å². The Kier molecular flexibility index (Phi) is 3.98. The number of carboxylic acids is 1. The van der Waals surface area contributed by atoms with Gasteiger partial charge in [0.1, 0.15) is 11.3 Å². The van der Waals surface area contributed by atoms with Crippen LogP contribution < -0.4 is 4.74 Å². The van der Waals surface area contributed by atoms with Crippen molar-refractivity contribution in [1.29, 1.82) is 0 Å². The molecule has 0 radical (unpaired) electrons. The van der Waals surface area contributed by atoms with E-state index in [0.717, 1.165) is 0 Å². The van der Waals surface area contributed by atoms with Crippen LogP contribution >= 0.6 is 23.2 Å². The highest BCUT2D eigenvalue weighted by Crippen LogP contribution is 2.37. The smallest absolute Gasteiger partial charge is 0.339 e. The zero-order valence-electron chi connectivity index (χ0n) is 9.98. The van der Waals surface area contributed by atoms with Crippen molar-refractivity contribution in [1.82, 2.24) is 0 Å². The summed E-state index contributed by atoms with van der Waals surface area (Å²) < 4.78 is 5.01. The summed E-state index contributed by atoms with van der Waals surface area (Å²) in [6, 6.07) is 10.0. The van der Waals surface area contributed by atoms with E-state index in [-0.39, 0.29) is 11.3 Å². The number of methoxy groups -OCH3 is 1. The lowest BCUT2D eigenvalue weighted by Crippen LogP contribution is -2.01. The molecular weight excluding hydrogens is 287 g/mol. The molecule has 0 aliphatic rings. The topological polar surface area (TPSA) is 46.5 Å². The van der Waals surface area contributed by atoms with Gasteiger partial charge in [-0.2, -0.15) is 0 Å². The third kappa shape index (κ3) is 2.67. The van der Waals surface area contributed by atoms with Gasteiger partial charge in [0.25, 0.3) is 0 Å². The zero-order chi connectivity index (χ0) is 14.0. The lowest BCUT2D eigenvalue weighted by atomic mass is 10.0. The van der Waals surface area contributed by atoms with Crippen molar-refractivity contribution in [2.24, 2.45) is 0 Å². The van der Waals surface area contributed by atoms with Gasteiger partial charge in [0.2, 0.25) is 0 Å². The maximum Gasteiger partial charge on any atom is 0.339 e. The molecule has 98 valence electrons. The van der Waals surface area contributed by atoms with Gasteiger partial charge in [-0.05, 0) is 12.1 Å². The van der Waals surface area contributed by atoms with Gasteiger partial charge in [0.05, 0.1) is 12.1 Å². The highest BCUT2D eigenvalue weighted by atomic mass is 35.5. The molecule has 1 N–H and O–H groups in total. The third-order valence-electron chi connectivity index (χ3n) is 2.68. The molecule has 5 heteroatoms. The summed E-state index contributed by atoms with van der Waals surface area (Å²) in [5.41, 5.74) is 1.28. The van der Waals surface area contributed by atoms with E-state index < -0.39 is 5.97 Å². The molecule has 0 heterocycles. The molecule has 0 unspecified atom stereocenters. The predicted molar refractivity (Wildman–Crippen MR) is 75.4 cm³/mol. The number of aromatic carboxylic acids is 1. The number of hydrogen-bond donors (Lipinski definition) is 1. The van der Waals surface area contributed by atoms with Crippen LogP contribution in [-0.2, 0) is 0 Å². The summed E-state index contributed by atoms with van der Waals surface area (Å²) in [4.78, 5) is 11.2. The van der Waals surface area contributed by atoms with Gasteiger partial charge in [0.15, 0.2) is 0 Å². The van der Waals surface area contributed by atoms with Crippen LogP contribution in [0.2, 0.25) is 10.0 Å². The quantitative estimate of drug-likeness (QED) is 0.915. The lowest BCUT2D eigenvalue weighted by molar-refractivity contribution is 0.0693. The van der Waals surface area contributed by atoms with Gasteiger partial charge in [0, 0.05) is 22.2 Å². The molecule has 0 bridgehead atoms. The standard InChI is InChI=1S/C14H10Cl2O3/c1-19-13-7-12(16)9(6-10(13)14(17)18)8-4-2-3-5-11(8)15/h2-7H,1H3,(H,17,18). The van der Waals surface area contributed by atoms with Gasteiger partial charge in [-0.25, -0.2) is 4.79 Å². The number of hydrogen-bond acceptors (Lipinski definition) is 2. The molecule has 0 aliphatic heterocycles. The van der Waals surface area contributed by atoms with Crippen molar-refractivity contribution in [3.8, 4) is 16.9 Å². The second kappa shape index (κ2) is 5.51. The van der Waals surface area contributed by atoms with Gasteiger partial charge in [-0.3, -0.25) is 0 Å². The summed E-state index contributed by atoms with van der Waals surface area (Å²) >= 11 is 12.3. The van der Waals surface area contributed by atoms with Crippen molar-refractivity contribution in [2.75, 3.05) is 7.11 Å². The minimum Gasteiger partial charge on any atom is -0.496 e. The first-order chi connectivity index (χ1) is 9.04.